The lowest BCUT2D eigenvalue weighted by Gasteiger charge is -2.13. The highest BCUT2D eigenvalue weighted by atomic mass is 32.1. The van der Waals surface area contributed by atoms with E-state index in [1.165, 1.54) is 16.9 Å². The van der Waals surface area contributed by atoms with Crippen LogP contribution in [0.25, 0.3) is 0 Å². The van der Waals surface area contributed by atoms with Crippen molar-refractivity contribution in [2.45, 2.75) is 51.9 Å². The molecule has 1 aliphatic rings. The second-order valence-corrected chi connectivity index (χ2v) is 7.97. The van der Waals surface area contributed by atoms with Crippen molar-refractivity contribution in [3.8, 4) is 0 Å². The first-order valence-electron chi connectivity index (χ1n) is 9.54. The van der Waals surface area contributed by atoms with Crippen molar-refractivity contribution in [3.63, 3.8) is 0 Å². The van der Waals surface area contributed by atoms with Gasteiger partial charge in [0, 0.05) is 17.0 Å². The highest BCUT2D eigenvalue weighted by Gasteiger charge is 2.26. The number of hydrogen-bond acceptors (Lipinski definition) is 4. The molecule has 3 rings (SSSR count). The van der Waals surface area contributed by atoms with Crippen LogP contribution in [0.1, 0.15) is 59.0 Å². The van der Waals surface area contributed by atoms with Crippen LogP contribution in [0, 0.1) is 0 Å². The summed E-state index contributed by atoms with van der Waals surface area (Å²) < 4.78 is 0. The van der Waals surface area contributed by atoms with E-state index in [-0.39, 0.29) is 24.7 Å². The minimum absolute atomic E-state index is 0.114. The molecule has 2 amide bonds. The first kappa shape index (κ1) is 20.1. The molecule has 0 radical (unpaired) electrons. The predicted molar refractivity (Wildman–Crippen MR) is 110 cm³/mol. The van der Waals surface area contributed by atoms with Crippen LogP contribution in [0.3, 0.4) is 0 Å². The number of hydrogen-bond donors (Lipinski definition) is 3. The van der Waals surface area contributed by atoms with Crippen molar-refractivity contribution >= 4 is 39.8 Å². The Morgan fingerprint density at radius 2 is 1.75 bits per heavy atom. The molecular formula is C21H24N2O4S. The number of carboxylic acids is 1. The smallest absolute Gasteiger partial charge is 0.303 e. The summed E-state index contributed by atoms with van der Waals surface area (Å²) in [4.78, 5) is 37.0. The number of carboxylic acid groups (broad SMARTS) is 1. The quantitative estimate of drug-likeness (QED) is 0.648. The van der Waals surface area contributed by atoms with Gasteiger partial charge in [0.15, 0.2) is 0 Å². The Morgan fingerprint density at radius 3 is 2.43 bits per heavy atom. The molecule has 0 fully saturated rings. The lowest BCUT2D eigenvalue weighted by atomic mass is 9.95. The maximum Gasteiger partial charge on any atom is 0.303 e. The summed E-state index contributed by atoms with van der Waals surface area (Å²) in [5, 5.41) is 15.0. The van der Waals surface area contributed by atoms with Gasteiger partial charge in [-0.3, -0.25) is 14.4 Å². The molecular weight excluding hydrogens is 376 g/mol. The Morgan fingerprint density at radius 1 is 1.04 bits per heavy atom. The van der Waals surface area contributed by atoms with Gasteiger partial charge in [-0.05, 0) is 55.4 Å². The van der Waals surface area contributed by atoms with Gasteiger partial charge in [-0.15, -0.1) is 11.3 Å². The number of aliphatic carboxylic acids is 1. The van der Waals surface area contributed by atoms with Crippen LogP contribution in [0.4, 0.5) is 10.7 Å². The molecule has 3 N–H and O–H groups in total. The molecule has 28 heavy (non-hydrogen) atoms. The van der Waals surface area contributed by atoms with Crippen LogP contribution < -0.4 is 10.6 Å². The fraction of sp³-hybridized carbons (Fsp3) is 0.381. The van der Waals surface area contributed by atoms with Gasteiger partial charge in [0.1, 0.15) is 5.00 Å². The number of benzene rings is 1. The third kappa shape index (κ3) is 4.78. The maximum atomic E-state index is 13.0. The van der Waals surface area contributed by atoms with Crippen molar-refractivity contribution in [2.75, 3.05) is 10.6 Å². The maximum absolute atomic E-state index is 13.0. The van der Waals surface area contributed by atoms with Crippen molar-refractivity contribution in [3.05, 3.63) is 45.8 Å². The monoisotopic (exact) mass is 400 g/mol. The molecule has 1 aromatic heterocycles. The Bertz CT molecular complexity index is 887. The molecule has 1 aliphatic carbocycles. The fourth-order valence-corrected chi connectivity index (χ4v) is 4.62. The summed E-state index contributed by atoms with van der Waals surface area (Å²) in [7, 11) is 0. The standard InChI is InChI=1S/C21H24N2O4S/c1-2-13-7-9-14(10-8-13)22-20(27)19-15-5-3-4-6-16(15)28-21(19)23-17(24)11-12-18(25)26/h7-10H,2-6,11-12H2,1H3,(H,22,27)(H,23,24)(H,25,26). The van der Waals surface area contributed by atoms with E-state index in [0.29, 0.717) is 16.3 Å². The highest BCUT2D eigenvalue weighted by Crippen LogP contribution is 2.38. The zero-order chi connectivity index (χ0) is 20.1. The molecule has 6 nitrogen and oxygen atoms in total. The minimum atomic E-state index is -1.02. The van der Waals surface area contributed by atoms with Crippen molar-refractivity contribution in [2.24, 2.45) is 0 Å². The average Bonchev–Trinajstić information content (AvgIpc) is 3.04. The Labute approximate surface area is 168 Å². The summed E-state index contributed by atoms with van der Waals surface area (Å²) >= 11 is 1.43. The lowest BCUT2D eigenvalue weighted by molar-refractivity contribution is -0.138. The van der Waals surface area contributed by atoms with Crippen molar-refractivity contribution in [1.29, 1.82) is 0 Å². The van der Waals surface area contributed by atoms with Gasteiger partial charge in [-0.1, -0.05) is 19.1 Å². The highest BCUT2D eigenvalue weighted by molar-refractivity contribution is 7.17. The van der Waals surface area contributed by atoms with E-state index in [4.69, 9.17) is 5.11 Å². The van der Waals surface area contributed by atoms with Gasteiger partial charge in [0.2, 0.25) is 5.91 Å². The first-order valence-corrected chi connectivity index (χ1v) is 10.4. The van der Waals surface area contributed by atoms with E-state index in [1.807, 2.05) is 24.3 Å². The first-order chi connectivity index (χ1) is 13.5. The molecule has 0 atom stereocenters. The van der Waals surface area contributed by atoms with Crippen LogP contribution in [-0.2, 0) is 28.9 Å². The van der Waals surface area contributed by atoms with Crippen LogP contribution >= 0.6 is 11.3 Å². The molecule has 2 aromatic rings. The summed E-state index contributed by atoms with van der Waals surface area (Å²) in [6, 6.07) is 7.71. The second kappa shape index (κ2) is 9.01. The Balaban J connectivity index is 1.82. The van der Waals surface area contributed by atoms with Gasteiger partial charge in [0.25, 0.3) is 5.91 Å². The van der Waals surface area contributed by atoms with Crippen molar-refractivity contribution < 1.29 is 19.5 Å². The summed E-state index contributed by atoms with van der Waals surface area (Å²) in [5.41, 5.74) is 3.42. The summed E-state index contributed by atoms with van der Waals surface area (Å²) in [5.74, 6) is -1.64. The molecule has 0 aliphatic heterocycles. The van der Waals surface area contributed by atoms with Crippen molar-refractivity contribution in [1.82, 2.24) is 0 Å². The number of nitrogens with one attached hydrogen (secondary N) is 2. The topological polar surface area (TPSA) is 95.5 Å². The third-order valence-electron chi connectivity index (χ3n) is 4.84. The molecule has 0 saturated heterocycles. The number of carbonyl (C=O) groups excluding carboxylic acids is 2. The van der Waals surface area contributed by atoms with E-state index >= 15 is 0 Å². The van der Waals surface area contributed by atoms with E-state index in [1.54, 1.807) is 0 Å². The third-order valence-corrected chi connectivity index (χ3v) is 6.04. The number of anilines is 2. The predicted octanol–water partition coefficient (Wildman–Crippen LogP) is 4.24. The summed E-state index contributed by atoms with van der Waals surface area (Å²) in [6.07, 6.45) is 4.38. The average molecular weight is 401 g/mol. The van der Waals surface area contributed by atoms with Gasteiger partial charge < -0.3 is 15.7 Å². The van der Waals surface area contributed by atoms with E-state index in [9.17, 15) is 14.4 Å². The largest absolute Gasteiger partial charge is 0.481 e. The SMILES string of the molecule is CCc1ccc(NC(=O)c2c(NC(=O)CCC(=O)O)sc3c2CCCC3)cc1. The van der Waals surface area contributed by atoms with Gasteiger partial charge in [-0.25, -0.2) is 0 Å². The molecule has 0 unspecified atom stereocenters. The number of thiophene rings is 1. The zero-order valence-corrected chi connectivity index (χ0v) is 16.7. The van der Waals surface area contributed by atoms with Gasteiger partial charge in [-0.2, -0.15) is 0 Å². The minimum Gasteiger partial charge on any atom is -0.481 e. The van der Waals surface area contributed by atoms with Crippen LogP contribution in [-0.4, -0.2) is 22.9 Å². The van der Waals surface area contributed by atoms with E-state index in [0.717, 1.165) is 42.5 Å². The second-order valence-electron chi connectivity index (χ2n) is 6.86. The summed E-state index contributed by atoms with van der Waals surface area (Å²) in [6.45, 7) is 2.07. The molecule has 0 spiro atoms. The molecule has 0 saturated carbocycles. The van der Waals surface area contributed by atoms with Gasteiger partial charge >= 0.3 is 5.97 Å². The zero-order valence-electron chi connectivity index (χ0n) is 15.8. The molecule has 1 heterocycles. The number of fused-ring (bicyclic) bond motifs is 1. The van der Waals surface area contributed by atoms with Gasteiger partial charge in [0.05, 0.1) is 12.0 Å². The Hall–Kier alpha value is -2.67. The Kier molecular flexibility index (Phi) is 6.46. The van der Waals surface area contributed by atoms with Crippen LogP contribution in [0.15, 0.2) is 24.3 Å². The van der Waals surface area contributed by atoms with E-state index < -0.39 is 5.97 Å². The molecule has 148 valence electrons. The molecule has 7 heteroatoms. The number of rotatable bonds is 7. The van der Waals surface area contributed by atoms with E-state index in [2.05, 4.69) is 17.6 Å². The number of aryl methyl sites for hydroxylation is 2. The normalized spacial score (nSPS) is 12.9. The van der Waals surface area contributed by atoms with Crippen LogP contribution in [0.2, 0.25) is 0 Å². The molecule has 1 aromatic carbocycles. The molecule has 0 bridgehead atoms. The lowest BCUT2D eigenvalue weighted by Crippen LogP contribution is -2.19. The van der Waals surface area contributed by atoms with Crippen LogP contribution in [0.5, 0.6) is 0 Å². The fourth-order valence-electron chi connectivity index (χ4n) is 3.32. The number of amides is 2. The number of carbonyl (C=O) groups is 3.